The summed E-state index contributed by atoms with van der Waals surface area (Å²) in [6.07, 6.45) is 1.32. The number of halogens is 1. The third-order valence-corrected chi connectivity index (χ3v) is 1.57. The van der Waals surface area contributed by atoms with Crippen molar-refractivity contribution < 1.29 is 13.9 Å². The summed E-state index contributed by atoms with van der Waals surface area (Å²) < 4.78 is 17.8. The molecule has 1 aromatic rings. The Balaban J connectivity index is 2.54. The van der Waals surface area contributed by atoms with E-state index in [9.17, 15) is 9.18 Å². The van der Waals surface area contributed by atoms with Gasteiger partial charge in [0.25, 0.3) is 11.9 Å². The summed E-state index contributed by atoms with van der Waals surface area (Å²) in [5, 5.41) is 0. The Hall–Kier alpha value is -1.65. The number of aromatic nitrogens is 1. The van der Waals surface area contributed by atoms with Crippen molar-refractivity contribution in [2.24, 2.45) is 0 Å². The molecule has 14 heavy (non-hydrogen) atoms. The molecule has 1 amide bonds. The van der Waals surface area contributed by atoms with E-state index in [2.05, 4.69) is 4.98 Å². The van der Waals surface area contributed by atoms with E-state index in [-0.39, 0.29) is 18.3 Å². The van der Waals surface area contributed by atoms with Crippen molar-refractivity contribution in [2.75, 3.05) is 20.7 Å². The lowest BCUT2D eigenvalue weighted by molar-refractivity contribution is -0.130. The number of rotatable bonds is 3. The van der Waals surface area contributed by atoms with Crippen LogP contribution in [0.3, 0.4) is 0 Å². The van der Waals surface area contributed by atoms with Crippen molar-refractivity contribution >= 4 is 5.91 Å². The van der Waals surface area contributed by atoms with Gasteiger partial charge in [-0.05, 0) is 12.1 Å². The minimum atomic E-state index is -0.709. The molecule has 76 valence electrons. The number of likely N-dealkylation sites (N-methyl/N-ethyl adjacent to an activating group) is 1. The van der Waals surface area contributed by atoms with Gasteiger partial charge in [0.2, 0.25) is 0 Å². The lowest BCUT2D eigenvalue weighted by Gasteiger charge is -2.10. The summed E-state index contributed by atoms with van der Waals surface area (Å²) in [6.45, 7) is -0.185. The highest BCUT2D eigenvalue weighted by Crippen LogP contribution is 2.12. The number of hydrogen-bond donors (Lipinski definition) is 0. The fraction of sp³-hybridized carbons (Fsp3) is 0.333. The first-order valence-corrected chi connectivity index (χ1v) is 4.04. The molecular formula is C9H11FN2O2. The molecule has 0 aliphatic heterocycles. The summed E-state index contributed by atoms with van der Waals surface area (Å²) in [6, 6.07) is 2.96. The van der Waals surface area contributed by atoms with Crippen LogP contribution < -0.4 is 4.74 Å². The number of pyridine rings is 1. The van der Waals surface area contributed by atoms with E-state index in [0.29, 0.717) is 0 Å². The average molecular weight is 198 g/mol. The maximum Gasteiger partial charge on any atom is 0.259 e. The third kappa shape index (κ3) is 2.69. The van der Waals surface area contributed by atoms with E-state index < -0.39 is 5.95 Å². The molecule has 0 fully saturated rings. The smallest absolute Gasteiger partial charge is 0.259 e. The van der Waals surface area contributed by atoms with Crippen LogP contribution >= 0.6 is 0 Å². The SMILES string of the molecule is CN(C)C(=O)COc1cccnc1F. The van der Waals surface area contributed by atoms with Gasteiger partial charge < -0.3 is 9.64 Å². The quantitative estimate of drug-likeness (QED) is 0.671. The molecule has 0 saturated carbocycles. The van der Waals surface area contributed by atoms with Gasteiger partial charge in [0.05, 0.1) is 0 Å². The summed E-state index contributed by atoms with van der Waals surface area (Å²) in [7, 11) is 3.20. The molecule has 0 aromatic carbocycles. The molecule has 1 rings (SSSR count). The van der Waals surface area contributed by atoms with E-state index in [4.69, 9.17) is 4.74 Å². The Labute approximate surface area is 81.3 Å². The first-order valence-electron chi connectivity index (χ1n) is 4.04. The zero-order valence-electron chi connectivity index (χ0n) is 8.03. The van der Waals surface area contributed by atoms with Gasteiger partial charge in [-0.2, -0.15) is 4.39 Å². The topological polar surface area (TPSA) is 42.4 Å². The fourth-order valence-corrected chi connectivity index (χ4v) is 0.748. The Morgan fingerprint density at radius 3 is 2.93 bits per heavy atom. The molecule has 0 unspecified atom stereocenters. The van der Waals surface area contributed by atoms with Crippen LogP contribution in [0, 0.1) is 5.95 Å². The van der Waals surface area contributed by atoms with E-state index in [0.717, 1.165) is 0 Å². The lowest BCUT2D eigenvalue weighted by Crippen LogP contribution is -2.27. The molecule has 1 heterocycles. The molecule has 0 spiro atoms. The molecule has 0 radical (unpaired) electrons. The normalized spacial score (nSPS) is 9.64. The van der Waals surface area contributed by atoms with Crippen molar-refractivity contribution in [2.45, 2.75) is 0 Å². The second-order valence-corrected chi connectivity index (χ2v) is 2.87. The lowest BCUT2D eigenvalue weighted by atomic mass is 10.4. The van der Waals surface area contributed by atoms with Crippen LogP contribution in [0.25, 0.3) is 0 Å². The van der Waals surface area contributed by atoms with Crippen molar-refractivity contribution in [3.05, 3.63) is 24.3 Å². The minimum absolute atomic E-state index is 0.0114. The highest BCUT2D eigenvalue weighted by atomic mass is 19.1. The average Bonchev–Trinajstić information content (AvgIpc) is 2.16. The van der Waals surface area contributed by atoms with Gasteiger partial charge in [-0.3, -0.25) is 4.79 Å². The van der Waals surface area contributed by atoms with Gasteiger partial charge in [0.15, 0.2) is 12.4 Å². The zero-order valence-corrected chi connectivity index (χ0v) is 8.03. The van der Waals surface area contributed by atoms with Gasteiger partial charge in [-0.1, -0.05) is 0 Å². The maximum atomic E-state index is 12.9. The van der Waals surface area contributed by atoms with Gasteiger partial charge in [0.1, 0.15) is 0 Å². The Morgan fingerprint density at radius 2 is 2.36 bits per heavy atom. The van der Waals surface area contributed by atoms with Crippen molar-refractivity contribution in [3.63, 3.8) is 0 Å². The number of amides is 1. The van der Waals surface area contributed by atoms with Crippen LogP contribution in [-0.2, 0) is 4.79 Å². The van der Waals surface area contributed by atoms with Gasteiger partial charge in [0, 0.05) is 20.3 Å². The molecule has 0 aliphatic rings. The molecule has 0 bridgehead atoms. The number of carbonyl (C=O) groups is 1. The number of ether oxygens (including phenoxy) is 1. The van der Waals surface area contributed by atoms with Crippen molar-refractivity contribution in [1.29, 1.82) is 0 Å². The molecule has 0 aliphatic carbocycles. The predicted octanol–water partition coefficient (Wildman–Crippen LogP) is 0.688. The van der Waals surface area contributed by atoms with E-state index >= 15 is 0 Å². The first-order chi connectivity index (χ1) is 6.61. The standard InChI is InChI=1S/C9H11FN2O2/c1-12(2)8(13)6-14-7-4-3-5-11-9(7)10/h3-5H,6H2,1-2H3. The van der Waals surface area contributed by atoms with Crippen LogP contribution in [0.15, 0.2) is 18.3 Å². The second kappa shape index (κ2) is 4.55. The Morgan fingerprint density at radius 1 is 1.64 bits per heavy atom. The second-order valence-electron chi connectivity index (χ2n) is 2.87. The van der Waals surface area contributed by atoms with Crippen LogP contribution in [0.1, 0.15) is 0 Å². The molecule has 0 saturated heterocycles. The molecule has 5 heteroatoms. The monoisotopic (exact) mass is 198 g/mol. The molecular weight excluding hydrogens is 187 g/mol. The zero-order chi connectivity index (χ0) is 10.6. The highest BCUT2D eigenvalue weighted by Gasteiger charge is 2.07. The third-order valence-electron chi connectivity index (χ3n) is 1.57. The summed E-state index contributed by atoms with van der Waals surface area (Å²) >= 11 is 0. The van der Waals surface area contributed by atoms with Gasteiger partial charge in [-0.15, -0.1) is 0 Å². The van der Waals surface area contributed by atoms with Crippen LogP contribution in [-0.4, -0.2) is 36.5 Å². The molecule has 1 aromatic heterocycles. The van der Waals surface area contributed by atoms with Crippen LogP contribution in [0.2, 0.25) is 0 Å². The van der Waals surface area contributed by atoms with E-state index in [1.54, 1.807) is 20.2 Å². The molecule has 0 atom stereocenters. The fourth-order valence-electron chi connectivity index (χ4n) is 0.748. The summed E-state index contributed by atoms with van der Waals surface area (Å²) in [5.74, 6) is -0.949. The number of hydrogen-bond acceptors (Lipinski definition) is 3. The Bertz CT molecular complexity index is 328. The Kier molecular flexibility index (Phi) is 3.39. The number of carbonyl (C=O) groups excluding carboxylic acids is 1. The maximum absolute atomic E-state index is 12.9. The largest absolute Gasteiger partial charge is 0.479 e. The number of nitrogens with zero attached hydrogens (tertiary/aromatic N) is 2. The van der Waals surface area contributed by atoms with Crippen molar-refractivity contribution in [1.82, 2.24) is 9.88 Å². The van der Waals surface area contributed by atoms with Gasteiger partial charge in [-0.25, -0.2) is 4.98 Å². The highest BCUT2D eigenvalue weighted by molar-refractivity contribution is 5.77. The van der Waals surface area contributed by atoms with E-state index in [1.807, 2.05) is 0 Å². The first kappa shape index (κ1) is 10.4. The summed E-state index contributed by atoms with van der Waals surface area (Å²) in [4.78, 5) is 15.8. The predicted molar refractivity (Wildman–Crippen MR) is 48.4 cm³/mol. The van der Waals surface area contributed by atoms with Crippen molar-refractivity contribution in [3.8, 4) is 5.75 Å². The summed E-state index contributed by atoms with van der Waals surface area (Å²) in [5.41, 5.74) is 0. The molecule has 4 nitrogen and oxygen atoms in total. The van der Waals surface area contributed by atoms with Crippen LogP contribution in [0.4, 0.5) is 4.39 Å². The van der Waals surface area contributed by atoms with E-state index in [1.165, 1.54) is 17.2 Å². The van der Waals surface area contributed by atoms with Gasteiger partial charge >= 0.3 is 0 Å². The van der Waals surface area contributed by atoms with Crippen LogP contribution in [0.5, 0.6) is 5.75 Å². The molecule has 0 N–H and O–H groups in total. The minimum Gasteiger partial charge on any atom is -0.479 e.